The van der Waals surface area contributed by atoms with Crippen LogP contribution in [0.1, 0.15) is 18.7 Å². The van der Waals surface area contributed by atoms with Crippen LogP contribution in [0.25, 0.3) is 10.2 Å². The molecule has 0 saturated carbocycles. The van der Waals surface area contributed by atoms with E-state index >= 15 is 0 Å². The minimum absolute atomic E-state index is 0.0502. The van der Waals surface area contributed by atoms with Gasteiger partial charge in [-0.25, -0.2) is 4.98 Å². The molecule has 2 aromatic heterocycles. The predicted molar refractivity (Wildman–Crippen MR) is 94.3 cm³/mol. The molecule has 0 aliphatic carbocycles. The highest BCUT2D eigenvalue weighted by atomic mass is 79.9. The number of halogens is 3. The highest BCUT2D eigenvalue weighted by Gasteiger charge is 2.19. The second kappa shape index (κ2) is 7.04. The SMILES string of the molecule is Cc1nn(C(C)C(=O)Nc2nc3ccc(OC(F)F)cc3s2)cc1Br. The van der Waals surface area contributed by atoms with E-state index in [4.69, 9.17) is 0 Å². The first-order valence-corrected chi connectivity index (χ1v) is 8.82. The maximum atomic E-state index is 12.4. The van der Waals surface area contributed by atoms with Gasteiger partial charge in [-0.3, -0.25) is 9.48 Å². The lowest BCUT2D eigenvalue weighted by Gasteiger charge is -2.10. The van der Waals surface area contributed by atoms with E-state index in [0.29, 0.717) is 15.3 Å². The van der Waals surface area contributed by atoms with Gasteiger partial charge in [0, 0.05) is 6.20 Å². The summed E-state index contributed by atoms with van der Waals surface area (Å²) in [6.07, 6.45) is 1.73. The summed E-state index contributed by atoms with van der Waals surface area (Å²) in [4.78, 5) is 16.7. The lowest BCUT2D eigenvalue weighted by molar-refractivity contribution is -0.119. The highest BCUT2D eigenvalue weighted by Crippen LogP contribution is 2.30. The van der Waals surface area contributed by atoms with Gasteiger partial charge in [0.1, 0.15) is 11.8 Å². The molecule has 0 radical (unpaired) electrons. The molecule has 0 bridgehead atoms. The molecular formula is C15H13BrF2N4O2S. The summed E-state index contributed by atoms with van der Waals surface area (Å²) in [6.45, 7) is 0.663. The maximum Gasteiger partial charge on any atom is 0.387 e. The van der Waals surface area contributed by atoms with Crippen LogP contribution < -0.4 is 10.1 Å². The van der Waals surface area contributed by atoms with Crippen LogP contribution in [0.3, 0.4) is 0 Å². The van der Waals surface area contributed by atoms with Gasteiger partial charge in [0.15, 0.2) is 5.13 Å². The second-order valence-corrected chi connectivity index (χ2v) is 7.12. The molecule has 1 amide bonds. The van der Waals surface area contributed by atoms with Crippen molar-refractivity contribution in [2.24, 2.45) is 0 Å². The summed E-state index contributed by atoms with van der Waals surface area (Å²) < 4.78 is 31.9. The molecule has 0 fully saturated rings. The minimum atomic E-state index is -2.89. The lowest BCUT2D eigenvalue weighted by atomic mass is 10.3. The fraction of sp³-hybridized carbons (Fsp3) is 0.267. The Hall–Kier alpha value is -2.07. The zero-order valence-corrected chi connectivity index (χ0v) is 15.6. The van der Waals surface area contributed by atoms with E-state index in [1.165, 1.54) is 23.5 Å². The van der Waals surface area contributed by atoms with Crippen LogP contribution in [0, 0.1) is 6.92 Å². The molecule has 3 aromatic rings. The molecule has 1 aromatic carbocycles. The molecule has 6 nitrogen and oxygen atoms in total. The number of nitrogens with one attached hydrogen (secondary N) is 1. The van der Waals surface area contributed by atoms with Crippen molar-refractivity contribution in [3.05, 3.63) is 34.6 Å². The molecule has 3 rings (SSSR count). The van der Waals surface area contributed by atoms with Gasteiger partial charge in [0.2, 0.25) is 0 Å². The third-order valence-corrected chi connectivity index (χ3v) is 5.16. The minimum Gasteiger partial charge on any atom is -0.435 e. The quantitative estimate of drug-likeness (QED) is 0.652. The van der Waals surface area contributed by atoms with Gasteiger partial charge < -0.3 is 10.1 Å². The number of amides is 1. The van der Waals surface area contributed by atoms with Crippen molar-refractivity contribution in [3.63, 3.8) is 0 Å². The van der Waals surface area contributed by atoms with Crippen molar-refractivity contribution in [1.82, 2.24) is 14.8 Å². The smallest absolute Gasteiger partial charge is 0.387 e. The van der Waals surface area contributed by atoms with Crippen LogP contribution in [0.5, 0.6) is 5.75 Å². The molecule has 1 unspecified atom stereocenters. The third-order valence-electron chi connectivity index (χ3n) is 3.45. The first-order valence-electron chi connectivity index (χ1n) is 7.21. The van der Waals surface area contributed by atoms with E-state index < -0.39 is 12.7 Å². The first kappa shape index (κ1) is 17.7. The number of carbonyl (C=O) groups is 1. The first-order chi connectivity index (χ1) is 11.8. The Labute approximate surface area is 153 Å². The number of benzene rings is 1. The second-order valence-electron chi connectivity index (χ2n) is 5.23. The lowest BCUT2D eigenvalue weighted by Crippen LogP contribution is -2.24. The number of fused-ring (bicyclic) bond motifs is 1. The average molecular weight is 431 g/mol. The molecule has 1 atom stereocenters. The molecule has 0 spiro atoms. The van der Waals surface area contributed by atoms with Crippen molar-refractivity contribution in [3.8, 4) is 5.75 Å². The van der Waals surface area contributed by atoms with E-state index in [2.05, 4.69) is 36.1 Å². The number of ether oxygens (including phenoxy) is 1. The van der Waals surface area contributed by atoms with Crippen molar-refractivity contribution in [2.75, 3.05) is 5.32 Å². The number of alkyl halides is 2. The number of thiazole rings is 1. The number of aryl methyl sites for hydroxylation is 1. The largest absolute Gasteiger partial charge is 0.435 e. The van der Waals surface area contributed by atoms with Gasteiger partial charge in [0.05, 0.1) is 20.4 Å². The standard InChI is InChI=1S/C15H13BrF2N4O2S/c1-7-10(16)6-22(21-7)8(2)13(23)20-15-19-11-4-3-9(24-14(17)18)5-12(11)25-15/h3-6,8,14H,1-2H3,(H,19,20,23). The summed E-state index contributed by atoms with van der Waals surface area (Å²) in [5.74, 6) is -0.229. The van der Waals surface area contributed by atoms with Crippen molar-refractivity contribution in [2.45, 2.75) is 26.5 Å². The average Bonchev–Trinajstić information content (AvgIpc) is 3.08. The van der Waals surface area contributed by atoms with E-state index in [-0.39, 0.29) is 11.7 Å². The number of nitrogens with zero attached hydrogens (tertiary/aromatic N) is 3. The Morgan fingerprint density at radius 2 is 2.20 bits per heavy atom. The molecule has 1 N–H and O–H groups in total. The third kappa shape index (κ3) is 3.96. The van der Waals surface area contributed by atoms with Gasteiger partial charge in [-0.15, -0.1) is 0 Å². The monoisotopic (exact) mass is 430 g/mol. The normalized spacial score (nSPS) is 12.6. The Morgan fingerprint density at radius 3 is 2.84 bits per heavy atom. The van der Waals surface area contributed by atoms with Gasteiger partial charge >= 0.3 is 6.61 Å². The van der Waals surface area contributed by atoms with Crippen LogP contribution >= 0.6 is 27.3 Å². The molecule has 10 heteroatoms. The van der Waals surface area contributed by atoms with Crippen molar-refractivity contribution >= 4 is 48.5 Å². The summed E-state index contributed by atoms with van der Waals surface area (Å²) in [7, 11) is 0. The zero-order valence-electron chi connectivity index (χ0n) is 13.2. The summed E-state index contributed by atoms with van der Waals surface area (Å²) in [6, 6.07) is 3.91. The van der Waals surface area contributed by atoms with E-state index in [1.807, 2.05) is 6.92 Å². The molecule has 0 saturated heterocycles. The number of hydrogen-bond acceptors (Lipinski definition) is 5. The van der Waals surface area contributed by atoms with E-state index in [9.17, 15) is 13.6 Å². The fourth-order valence-corrected chi connectivity index (χ4v) is 3.31. The van der Waals surface area contributed by atoms with Gasteiger partial charge in [-0.1, -0.05) is 11.3 Å². The highest BCUT2D eigenvalue weighted by molar-refractivity contribution is 9.10. The molecule has 2 heterocycles. The number of carbonyl (C=O) groups excluding carboxylic acids is 1. The molecular weight excluding hydrogens is 418 g/mol. The molecule has 132 valence electrons. The summed E-state index contributed by atoms with van der Waals surface area (Å²) in [5.41, 5.74) is 1.37. The Kier molecular flexibility index (Phi) is 5.00. The molecule has 0 aliphatic heterocycles. The van der Waals surface area contributed by atoms with Gasteiger partial charge in [-0.2, -0.15) is 13.9 Å². The fourth-order valence-electron chi connectivity index (χ4n) is 2.12. The number of aromatic nitrogens is 3. The number of rotatable bonds is 5. The van der Waals surface area contributed by atoms with Crippen molar-refractivity contribution < 1.29 is 18.3 Å². The van der Waals surface area contributed by atoms with Gasteiger partial charge in [-0.05, 0) is 48.0 Å². The van der Waals surface area contributed by atoms with Crippen LogP contribution in [0.2, 0.25) is 0 Å². The van der Waals surface area contributed by atoms with Crippen molar-refractivity contribution in [1.29, 1.82) is 0 Å². The number of anilines is 1. The van der Waals surface area contributed by atoms with Crippen LogP contribution in [-0.2, 0) is 4.79 Å². The van der Waals surface area contributed by atoms with E-state index in [1.54, 1.807) is 23.9 Å². The van der Waals surface area contributed by atoms with Crippen LogP contribution in [-0.4, -0.2) is 27.3 Å². The molecule has 25 heavy (non-hydrogen) atoms. The van der Waals surface area contributed by atoms with Crippen LogP contribution in [0.15, 0.2) is 28.9 Å². The topological polar surface area (TPSA) is 69.0 Å². The zero-order chi connectivity index (χ0) is 18.1. The van der Waals surface area contributed by atoms with Gasteiger partial charge in [0.25, 0.3) is 5.91 Å². The Morgan fingerprint density at radius 1 is 1.44 bits per heavy atom. The summed E-state index contributed by atoms with van der Waals surface area (Å²) >= 11 is 4.54. The number of hydrogen-bond donors (Lipinski definition) is 1. The van der Waals surface area contributed by atoms with Crippen LogP contribution in [0.4, 0.5) is 13.9 Å². The van der Waals surface area contributed by atoms with E-state index in [0.717, 1.165) is 10.2 Å². The predicted octanol–water partition coefficient (Wildman–Crippen LogP) is 4.36. The Bertz CT molecular complexity index is 908. The summed E-state index contributed by atoms with van der Waals surface area (Å²) in [5, 5.41) is 7.36. The Balaban J connectivity index is 1.76. The maximum absolute atomic E-state index is 12.4. The molecule has 0 aliphatic rings.